The van der Waals surface area contributed by atoms with Crippen LogP contribution in [0.15, 0.2) is 35.0 Å². The zero-order valence-electron chi connectivity index (χ0n) is 13.8. The monoisotopic (exact) mass is 340 g/mol. The van der Waals surface area contributed by atoms with E-state index in [4.69, 9.17) is 14.0 Å². The van der Waals surface area contributed by atoms with Crippen LogP contribution < -0.4 is 14.8 Å². The Bertz CT molecular complexity index is 944. The summed E-state index contributed by atoms with van der Waals surface area (Å²) in [6.07, 6.45) is 1.75. The highest BCUT2D eigenvalue weighted by molar-refractivity contribution is 5.97. The highest BCUT2D eigenvalue weighted by atomic mass is 16.5. The average molecular weight is 340 g/mol. The summed E-state index contributed by atoms with van der Waals surface area (Å²) in [5, 5.41) is 11.0. The van der Waals surface area contributed by atoms with Crippen LogP contribution in [0.3, 0.4) is 0 Å². The largest absolute Gasteiger partial charge is 0.483 e. The third-order valence-electron chi connectivity index (χ3n) is 4.05. The second kappa shape index (κ2) is 5.97. The van der Waals surface area contributed by atoms with Crippen LogP contribution in [0.2, 0.25) is 0 Å². The van der Waals surface area contributed by atoms with Gasteiger partial charge in [-0.1, -0.05) is 11.2 Å². The molecule has 3 aromatic rings. The molecule has 0 bridgehead atoms. The molecule has 128 valence electrons. The Morgan fingerprint density at radius 2 is 2.28 bits per heavy atom. The maximum absolute atomic E-state index is 11.5. The van der Waals surface area contributed by atoms with Gasteiger partial charge in [-0.25, -0.2) is 0 Å². The van der Waals surface area contributed by atoms with Crippen molar-refractivity contribution in [3.05, 3.63) is 41.9 Å². The molecule has 1 aromatic carbocycles. The van der Waals surface area contributed by atoms with Crippen LogP contribution in [0.25, 0.3) is 11.3 Å². The van der Waals surface area contributed by atoms with Crippen LogP contribution >= 0.6 is 0 Å². The lowest BCUT2D eigenvalue weighted by atomic mass is 10.2. The third kappa shape index (κ3) is 2.82. The van der Waals surface area contributed by atoms with Gasteiger partial charge in [-0.05, 0) is 19.1 Å². The van der Waals surface area contributed by atoms with E-state index < -0.39 is 0 Å². The SMILES string of the molecule is Cc1c(-c2cc(COc3cccc4c3NC(=O)CO4)on2)cnn1C. The summed E-state index contributed by atoms with van der Waals surface area (Å²) in [5.74, 6) is 1.46. The lowest BCUT2D eigenvalue weighted by molar-refractivity contribution is -0.118. The van der Waals surface area contributed by atoms with Gasteiger partial charge in [-0.15, -0.1) is 0 Å². The minimum atomic E-state index is -0.211. The molecule has 25 heavy (non-hydrogen) atoms. The van der Waals surface area contributed by atoms with E-state index in [1.54, 1.807) is 29.1 Å². The van der Waals surface area contributed by atoms with Crippen molar-refractivity contribution >= 4 is 11.6 Å². The molecule has 0 saturated heterocycles. The number of hydrogen-bond donors (Lipinski definition) is 1. The predicted octanol–water partition coefficient (Wildman–Crippen LogP) is 2.29. The van der Waals surface area contributed by atoms with E-state index in [1.165, 1.54) is 0 Å². The summed E-state index contributed by atoms with van der Waals surface area (Å²) in [6.45, 7) is 2.15. The molecule has 0 saturated carbocycles. The summed E-state index contributed by atoms with van der Waals surface area (Å²) in [6, 6.07) is 7.15. The topological polar surface area (TPSA) is 91.4 Å². The third-order valence-corrected chi connectivity index (χ3v) is 4.05. The molecular weight excluding hydrogens is 324 g/mol. The maximum Gasteiger partial charge on any atom is 0.262 e. The van der Waals surface area contributed by atoms with Gasteiger partial charge in [0.15, 0.2) is 12.4 Å². The molecule has 8 heteroatoms. The molecule has 0 radical (unpaired) electrons. The Labute approximate surface area is 143 Å². The number of carbonyl (C=O) groups excluding carboxylic acids is 1. The van der Waals surface area contributed by atoms with Gasteiger partial charge in [0.2, 0.25) is 0 Å². The number of rotatable bonds is 4. The van der Waals surface area contributed by atoms with Gasteiger partial charge in [0.1, 0.15) is 29.5 Å². The van der Waals surface area contributed by atoms with Crippen molar-refractivity contribution in [1.29, 1.82) is 0 Å². The van der Waals surface area contributed by atoms with Gasteiger partial charge >= 0.3 is 0 Å². The summed E-state index contributed by atoms with van der Waals surface area (Å²) < 4.78 is 18.3. The fourth-order valence-corrected chi connectivity index (χ4v) is 2.60. The molecule has 0 spiro atoms. The van der Waals surface area contributed by atoms with Crippen LogP contribution in [0, 0.1) is 6.92 Å². The van der Waals surface area contributed by atoms with E-state index in [9.17, 15) is 4.79 Å². The van der Waals surface area contributed by atoms with E-state index in [1.807, 2.05) is 20.0 Å². The zero-order valence-corrected chi connectivity index (χ0v) is 13.8. The van der Waals surface area contributed by atoms with Gasteiger partial charge in [0, 0.05) is 24.4 Å². The smallest absolute Gasteiger partial charge is 0.262 e. The number of benzene rings is 1. The van der Waals surface area contributed by atoms with E-state index in [0.717, 1.165) is 11.3 Å². The molecule has 1 aliphatic rings. The summed E-state index contributed by atoms with van der Waals surface area (Å²) in [5.41, 5.74) is 3.14. The Kier molecular flexibility index (Phi) is 3.64. The van der Waals surface area contributed by atoms with Crippen LogP contribution in [0.5, 0.6) is 11.5 Å². The standard InChI is InChI=1S/C17H16N4O4/c1-10-12(7-18-21(10)2)13-6-11(25-20-13)8-23-14-4-3-5-15-17(14)19-16(22)9-24-15/h3-7H,8-9H2,1-2H3,(H,19,22). The average Bonchev–Trinajstić information content (AvgIpc) is 3.20. The van der Waals surface area contributed by atoms with Crippen LogP contribution in [0.1, 0.15) is 11.5 Å². The number of nitrogens with one attached hydrogen (secondary N) is 1. The number of fused-ring (bicyclic) bond motifs is 1. The van der Waals surface area contributed by atoms with Crippen molar-refractivity contribution in [3.63, 3.8) is 0 Å². The number of aryl methyl sites for hydroxylation is 1. The minimum absolute atomic E-state index is 0.00633. The van der Waals surface area contributed by atoms with E-state index in [-0.39, 0.29) is 19.1 Å². The molecule has 1 N–H and O–H groups in total. The first-order chi connectivity index (χ1) is 12.1. The molecule has 4 rings (SSSR count). The normalized spacial score (nSPS) is 13.1. The number of ether oxygens (including phenoxy) is 2. The Morgan fingerprint density at radius 1 is 1.40 bits per heavy atom. The number of aromatic nitrogens is 3. The van der Waals surface area contributed by atoms with E-state index in [2.05, 4.69) is 15.6 Å². The van der Waals surface area contributed by atoms with E-state index >= 15 is 0 Å². The number of nitrogens with zero attached hydrogens (tertiary/aromatic N) is 3. The lowest BCUT2D eigenvalue weighted by Crippen LogP contribution is -2.25. The molecule has 0 fully saturated rings. The molecule has 1 amide bonds. The number of hydrogen-bond acceptors (Lipinski definition) is 6. The first kappa shape index (κ1) is 15.3. The van der Waals surface area contributed by atoms with E-state index in [0.29, 0.717) is 28.6 Å². The van der Waals surface area contributed by atoms with Gasteiger partial charge in [0.05, 0.1) is 6.20 Å². The number of amides is 1. The number of anilines is 1. The Hall–Kier alpha value is -3.29. The first-order valence-corrected chi connectivity index (χ1v) is 7.75. The Balaban J connectivity index is 1.51. The molecule has 1 aliphatic heterocycles. The second-order valence-electron chi connectivity index (χ2n) is 5.70. The number of carbonyl (C=O) groups is 1. The van der Waals surface area contributed by atoms with Crippen molar-refractivity contribution in [2.24, 2.45) is 7.05 Å². The predicted molar refractivity (Wildman–Crippen MR) is 88.3 cm³/mol. The van der Waals surface area contributed by atoms with Crippen LogP contribution in [-0.4, -0.2) is 27.5 Å². The molecule has 0 unspecified atom stereocenters. The van der Waals surface area contributed by atoms with Gasteiger partial charge in [0.25, 0.3) is 5.91 Å². The summed E-state index contributed by atoms with van der Waals surface area (Å²) in [4.78, 5) is 11.5. The van der Waals surface area contributed by atoms with Crippen molar-refractivity contribution < 1.29 is 18.8 Å². The quantitative estimate of drug-likeness (QED) is 0.783. The zero-order chi connectivity index (χ0) is 17.4. The molecule has 2 aromatic heterocycles. The second-order valence-corrected chi connectivity index (χ2v) is 5.70. The van der Waals surface area contributed by atoms with Gasteiger partial charge in [-0.3, -0.25) is 9.48 Å². The first-order valence-electron chi connectivity index (χ1n) is 7.75. The van der Waals surface area contributed by atoms with Gasteiger partial charge in [-0.2, -0.15) is 5.10 Å². The maximum atomic E-state index is 11.5. The Morgan fingerprint density at radius 3 is 3.08 bits per heavy atom. The lowest BCUT2D eigenvalue weighted by Gasteiger charge is -2.20. The van der Waals surface area contributed by atoms with Crippen molar-refractivity contribution in [2.75, 3.05) is 11.9 Å². The fraction of sp³-hybridized carbons (Fsp3) is 0.235. The highest BCUT2D eigenvalue weighted by Crippen LogP contribution is 2.37. The molecular formula is C17H16N4O4. The van der Waals surface area contributed by atoms with Crippen molar-refractivity contribution in [3.8, 4) is 22.8 Å². The highest BCUT2D eigenvalue weighted by Gasteiger charge is 2.20. The molecule has 0 atom stereocenters. The molecule has 8 nitrogen and oxygen atoms in total. The van der Waals surface area contributed by atoms with Crippen molar-refractivity contribution in [2.45, 2.75) is 13.5 Å². The number of para-hydroxylation sites is 1. The minimum Gasteiger partial charge on any atom is -0.483 e. The van der Waals surface area contributed by atoms with Crippen LogP contribution in [0.4, 0.5) is 5.69 Å². The summed E-state index contributed by atoms with van der Waals surface area (Å²) >= 11 is 0. The fourth-order valence-electron chi connectivity index (χ4n) is 2.60. The molecule has 3 heterocycles. The van der Waals surface area contributed by atoms with Crippen LogP contribution in [-0.2, 0) is 18.4 Å². The summed E-state index contributed by atoms with van der Waals surface area (Å²) in [7, 11) is 1.87. The van der Waals surface area contributed by atoms with Crippen molar-refractivity contribution in [1.82, 2.24) is 14.9 Å². The van der Waals surface area contributed by atoms with Gasteiger partial charge < -0.3 is 19.3 Å². The molecule has 0 aliphatic carbocycles.